The number of ketones is 1. The van der Waals surface area contributed by atoms with Crippen LogP contribution < -0.4 is 14.2 Å². The maximum absolute atomic E-state index is 15.8. The number of halogens is 5. The van der Waals surface area contributed by atoms with Crippen LogP contribution in [0.4, 0.5) is 22.0 Å². The monoisotopic (exact) mass is 743 g/mol. The Morgan fingerprint density at radius 1 is 0.808 bits per heavy atom. The summed E-state index contributed by atoms with van der Waals surface area (Å²) in [5, 5.41) is 0. The highest BCUT2D eigenvalue weighted by molar-refractivity contribution is 7.89. The number of hydrogen-bond donors (Lipinski definition) is 0. The molecule has 6 rings (SSSR count). The number of carbonyl (C=O) groups excluding carboxylic acids is 1. The van der Waals surface area contributed by atoms with Crippen molar-refractivity contribution >= 4 is 15.8 Å². The van der Waals surface area contributed by atoms with Gasteiger partial charge in [-0.25, -0.2) is 17.2 Å². The first-order valence-electron chi connectivity index (χ1n) is 16.8. The number of carbonyl (C=O) groups is 1. The summed E-state index contributed by atoms with van der Waals surface area (Å²) < 4.78 is 117. The molecule has 0 aromatic heterocycles. The summed E-state index contributed by atoms with van der Waals surface area (Å²) in [6.45, 7) is -0.148. The standard InChI is InChI=1S/C39H38F5NO6S/c1-49-29-11-5-26(6-12-29)22-45(23-27-7-13-30(50-2)14-8-27)52(47,48)20-18-31-32-24-51-37-34(41)16-15-33(40)36(37)38(32,19-17-35(31)46)21-25-3-9-28(10-4-25)39(42,43)44/h3-16,31-32H,17-24H2,1-2H3/t31-,32-,38-/m0/s1. The molecule has 0 saturated heterocycles. The summed E-state index contributed by atoms with van der Waals surface area (Å²) in [6, 6.07) is 20.4. The number of alkyl halides is 3. The summed E-state index contributed by atoms with van der Waals surface area (Å²) in [6.07, 6.45) is -4.68. The zero-order valence-electron chi connectivity index (χ0n) is 28.6. The van der Waals surface area contributed by atoms with Gasteiger partial charge in [0.2, 0.25) is 10.0 Å². The molecule has 1 saturated carbocycles. The van der Waals surface area contributed by atoms with Gasteiger partial charge in [-0.2, -0.15) is 17.5 Å². The smallest absolute Gasteiger partial charge is 0.416 e. The lowest BCUT2D eigenvalue weighted by Gasteiger charge is -2.51. The molecule has 13 heteroatoms. The van der Waals surface area contributed by atoms with E-state index in [1.807, 2.05) is 0 Å². The normalized spacial score (nSPS) is 20.2. The predicted molar refractivity (Wildman–Crippen MR) is 184 cm³/mol. The molecule has 1 aliphatic heterocycles. The number of nitrogens with zero attached hydrogens (tertiary/aromatic N) is 1. The van der Waals surface area contributed by atoms with Gasteiger partial charge in [0.05, 0.1) is 32.1 Å². The average Bonchev–Trinajstić information content (AvgIpc) is 3.13. The van der Waals surface area contributed by atoms with E-state index in [0.29, 0.717) is 28.2 Å². The predicted octanol–water partition coefficient (Wildman–Crippen LogP) is 7.89. The van der Waals surface area contributed by atoms with Gasteiger partial charge >= 0.3 is 6.18 Å². The quantitative estimate of drug-likeness (QED) is 0.137. The van der Waals surface area contributed by atoms with Crippen LogP contribution in [0.15, 0.2) is 84.9 Å². The Morgan fingerprint density at radius 2 is 1.35 bits per heavy atom. The van der Waals surface area contributed by atoms with Crippen molar-refractivity contribution in [1.29, 1.82) is 0 Å². The third kappa shape index (κ3) is 7.66. The number of methoxy groups -OCH3 is 2. The van der Waals surface area contributed by atoms with Gasteiger partial charge in [0.25, 0.3) is 0 Å². The second-order valence-electron chi connectivity index (χ2n) is 13.3. The van der Waals surface area contributed by atoms with Crippen molar-refractivity contribution < 1.29 is 49.4 Å². The summed E-state index contributed by atoms with van der Waals surface area (Å²) in [5.74, 6) is -3.01. The first-order valence-corrected chi connectivity index (χ1v) is 18.4. The summed E-state index contributed by atoms with van der Waals surface area (Å²) in [4.78, 5) is 13.7. The van der Waals surface area contributed by atoms with Gasteiger partial charge in [-0.05, 0) is 84.5 Å². The zero-order chi connectivity index (χ0) is 37.3. The molecule has 0 spiro atoms. The summed E-state index contributed by atoms with van der Waals surface area (Å²) >= 11 is 0. The Bertz CT molecular complexity index is 1950. The van der Waals surface area contributed by atoms with E-state index in [1.165, 1.54) is 30.7 Å². The first-order chi connectivity index (χ1) is 24.7. The van der Waals surface area contributed by atoms with Crippen LogP contribution >= 0.6 is 0 Å². The van der Waals surface area contributed by atoms with Gasteiger partial charge in [0.1, 0.15) is 23.1 Å². The molecule has 7 nitrogen and oxygen atoms in total. The largest absolute Gasteiger partial charge is 0.497 e. The van der Waals surface area contributed by atoms with E-state index in [0.717, 1.165) is 24.3 Å². The average molecular weight is 744 g/mol. The molecular weight excluding hydrogens is 705 g/mol. The van der Waals surface area contributed by atoms with E-state index < -0.39 is 56.4 Å². The number of benzene rings is 4. The number of hydrogen-bond acceptors (Lipinski definition) is 6. The van der Waals surface area contributed by atoms with Gasteiger partial charge in [-0.1, -0.05) is 36.4 Å². The fourth-order valence-corrected chi connectivity index (χ4v) is 9.10. The van der Waals surface area contributed by atoms with Crippen molar-refractivity contribution in [1.82, 2.24) is 4.31 Å². The minimum atomic E-state index is -4.57. The van der Waals surface area contributed by atoms with E-state index in [1.54, 1.807) is 48.5 Å². The van der Waals surface area contributed by atoms with Crippen molar-refractivity contribution in [2.75, 3.05) is 26.6 Å². The Balaban J connectivity index is 1.32. The van der Waals surface area contributed by atoms with Crippen molar-refractivity contribution in [3.63, 3.8) is 0 Å². The topological polar surface area (TPSA) is 82.1 Å². The number of ether oxygens (including phenoxy) is 3. The highest BCUT2D eigenvalue weighted by Gasteiger charge is 2.55. The maximum Gasteiger partial charge on any atom is 0.416 e. The van der Waals surface area contributed by atoms with Crippen LogP contribution in [0.1, 0.15) is 47.1 Å². The molecular formula is C39H38F5NO6S. The number of fused-ring (bicyclic) bond motifs is 3. The fraction of sp³-hybridized carbons (Fsp3) is 0.359. The molecule has 3 atom stereocenters. The molecule has 0 N–H and O–H groups in total. The van der Waals surface area contributed by atoms with Crippen LogP contribution in [-0.4, -0.2) is 45.1 Å². The molecule has 276 valence electrons. The van der Waals surface area contributed by atoms with E-state index >= 15 is 8.78 Å². The van der Waals surface area contributed by atoms with E-state index in [4.69, 9.17) is 14.2 Å². The van der Waals surface area contributed by atoms with E-state index in [2.05, 4.69) is 0 Å². The highest BCUT2D eigenvalue weighted by atomic mass is 32.2. The highest BCUT2D eigenvalue weighted by Crippen LogP contribution is 2.55. The molecule has 1 aliphatic carbocycles. The van der Waals surface area contributed by atoms with Gasteiger partial charge in [0.15, 0.2) is 11.6 Å². The molecule has 0 radical (unpaired) electrons. The van der Waals surface area contributed by atoms with Crippen molar-refractivity contribution in [2.45, 2.75) is 50.4 Å². The lowest BCUT2D eigenvalue weighted by molar-refractivity contribution is -0.137. The minimum absolute atomic E-state index is 0.00979. The second-order valence-corrected chi connectivity index (χ2v) is 15.4. The molecule has 4 aromatic rings. The van der Waals surface area contributed by atoms with E-state index in [-0.39, 0.29) is 62.5 Å². The van der Waals surface area contributed by atoms with Crippen LogP contribution in [0.3, 0.4) is 0 Å². The molecule has 0 unspecified atom stereocenters. The Hall–Kier alpha value is -4.49. The summed E-state index contributed by atoms with van der Waals surface area (Å²) in [5.41, 5.74) is -0.349. The maximum atomic E-state index is 15.8. The van der Waals surface area contributed by atoms with E-state index in [9.17, 15) is 26.4 Å². The third-order valence-electron chi connectivity index (χ3n) is 10.3. The van der Waals surface area contributed by atoms with Crippen LogP contribution in [0, 0.1) is 23.5 Å². The zero-order valence-corrected chi connectivity index (χ0v) is 29.4. The Labute approximate surface area is 299 Å². The summed E-state index contributed by atoms with van der Waals surface area (Å²) in [7, 11) is -0.989. The van der Waals surface area contributed by atoms with Gasteiger partial charge in [0, 0.05) is 42.3 Å². The van der Waals surface area contributed by atoms with Crippen LogP contribution in [0.25, 0.3) is 0 Å². The Kier molecular flexibility index (Phi) is 10.7. The van der Waals surface area contributed by atoms with Crippen molar-refractivity contribution in [3.8, 4) is 17.2 Å². The molecule has 4 aromatic carbocycles. The first kappa shape index (κ1) is 37.3. The minimum Gasteiger partial charge on any atom is -0.497 e. The van der Waals surface area contributed by atoms with Crippen molar-refractivity contribution in [3.05, 3.63) is 124 Å². The molecule has 0 amide bonds. The molecule has 52 heavy (non-hydrogen) atoms. The molecule has 1 fully saturated rings. The Morgan fingerprint density at radius 3 is 1.88 bits per heavy atom. The van der Waals surface area contributed by atoms with Crippen LogP contribution in [0.2, 0.25) is 0 Å². The van der Waals surface area contributed by atoms with Crippen LogP contribution in [-0.2, 0) is 45.9 Å². The number of rotatable bonds is 12. The molecule has 2 aliphatic rings. The number of Topliss-reactive ketones (excluding diaryl/α,β-unsaturated/α-hetero) is 1. The third-order valence-corrected chi connectivity index (χ3v) is 12.1. The van der Waals surface area contributed by atoms with Gasteiger partial charge in [-0.3, -0.25) is 4.79 Å². The van der Waals surface area contributed by atoms with Gasteiger partial charge < -0.3 is 14.2 Å². The molecule has 1 heterocycles. The molecule has 0 bridgehead atoms. The number of sulfonamides is 1. The van der Waals surface area contributed by atoms with Crippen molar-refractivity contribution in [2.24, 2.45) is 11.8 Å². The fourth-order valence-electron chi connectivity index (χ4n) is 7.60. The second kappa shape index (κ2) is 14.9. The lowest BCUT2D eigenvalue weighted by Crippen LogP contribution is -2.54. The lowest BCUT2D eigenvalue weighted by atomic mass is 9.54. The SMILES string of the molecule is COc1ccc(CN(Cc2ccc(OC)cc2)S(=O)(=O)CC[C@@H]2C(=O)CC[C@@]3(Cc4ccc(C(F)(F)F)cc4)c4c(F)ccc(F)c4OC[C@@H]23)cc1. The van der Waals surface area contributed by atoms with Crippen LogP contribution in [0.5, 0.6) is 17.2 Å². The van der Waals surface area contributed by atoms with Gasteiger partial charge in [-0.15, -0.1) is 0 Å².